The van der Waals surface area contributed by atoms with Crippen LogP contribution in [0.1, 0.15) is 63.0 Å². The summed E-state index contributed by atoms with van der Waals surface area (Å²) >= 11 is 6.62. The van der Waals surface area contributed by atoms with Gasteiger partial charge in [-0.15, -0.1) is 0 Å². The van der Waals surface area contributed by atoms with Gasteiger partial charge in [0.05, 0.1) is 21.2 Å². The fourth-order valence-corrected chi connectivity index (χ4v) is 10.9. The maximum absolute atomic E-state index is 13.9. The summed E-state index contributed by atoms with van der Waals surface area (Å²) in [5, 5.41) is 19.6. The quantitative estimate of drug-likeness (QED) is 0.158. The van der Waals surface area contributed by atoms with Gasteiger partial charge in [-0.2, -0.15) is 18.2 Å². The lowest BCUT2D eigenvalue weighted by molar-refractivity contribution is -0.138. The molecule has 2 aromatic carbocycles. The Labute approximate surface area is 364 Å². The number of piperazine rings is 1. The number of carbonyl (C=O) groups is 2. The normalized spacial score (nSPS) is 26.6. The maximum atomic E-state index is 13.9. The summed E-state index contributed by atoms with van der Waals surface area (Å²) in [7, 11) is -3.83. The summed E-state index contributed by atoms with van der Waals surface area (Å²) in [5.41, 5.74) is 0.567. The molecule has 62 heavy (non-hydrogen) atoms. The van der Waals surface area contributed by atoms with Crippen molar-refractivity contribution in [1.82, 2.24) is 29.8 Å². The van der Waals surface area contributed by atoms with Crippen molar-refractivity contribution in [1.29, 1.82) is 0 Å². The minimum Gasteiger partial charge on any atom is -0.388 e. The number of β-amino-alcohol motifs (C(OH)–C–C–N with tert-alkyl or cyclic N) is 1. The lowest BCUT2D eigenvalue weighted by atomic mass is 9.86. The second kappa shape index (κ2) is 17.7. The summed E-state index contributed by atoms with van der Waals surface area (Å²) in [6.07, 6.45) is 0.264. The van der Waals surface area contributed by atoms with Crippen LogP contribution in [-0.2, 0) is 25.8 Å². The number of hydrogen-bond acceptors (Lipinski definition) is 13. The van der Waals surface area contributed by atoms with Crippen LogP contribution in [0.3, 0.4) is 0 Å². The van der Waals surface area contributed by atoms with E-state index in [0.29, 0.717) is 66.1 Å². The zero-order valence-electron chi connectivity index (χ0n) is 34.8. The number of alkyl halides is 3. The first-order valence-corrected chi connectivity index (χ1v) is 23.2. The molecule has 4 aliphatic heterocycles. The van der Waals surface area contributed by atoms with E-state index < -0.39 is 33.4 Å². The average molecular weight is 903 g/mol. The molecule has 4 saturated heterocycles. The van der Waals surface area contributed by atoms with Crippen molar-refractivity contribution in [3.63, 3.8) is 0 Å². The standard InChI is InChI=1S/C42H54ClF3N10O5S/c1-26-18-31(5-7-34(26)49-40-47-22-32(42(44,45)46)38(51-40)56-12-3-11-41(2,59)25-56)62(60,61)52-28-19-30(20-28)54-16-14-53(15-17-54)23-27-10-13-55(24-27)29-4-6-35(33(43)21-29)48-36-8-9-37(57)50-39(36)58/h4-7,18,21-22,27-28,30,36,48,52,59H,3,8-17,19-20,23-25H2,1-2H3,(H,47,49,51)(H,50,57,58)/t27?,28?,30?,36?,41-/m0/s1. The topological polar surface area (TPSA) is 175 Å². The van der Waals surface area contributed by atoms with Crippen molar-refractivity contribution >= 4 is 62.3 Å². The van der Waals surface area contributed by atoms with Gasteiger partial charge in [0.2, 0.25) is 27.8 Å². The Bertz CT molecular complexity index is 2270. The van der Waals surface area contributed by atoms with E-state index in [2.05, 4.69) is 45.3 Å². The molecule has 1 aromatic heterocycles. The highest BCUT2D eigenvalue weighted by Crippen LogP contribution is 2.38. The first-order chi connectivity index (χ1) is 29.4. The van der Waals surface area contributed by atoms with E-state index in [-0.39, 0.29) is 41.1 Å². The molecule has 5 aliphatic rings. The van der Waals surface area contributed by atoms with Gasteiger partial charge in [0.15, 0.2) is 0 Å². The van der Waals surface area contributed by atoms with Crippen LogP contribution in [0.25, 0.3) is 0 Å². The largest absolute Gasteiger partial charge is 0.421 e. The van der Waals surface area contributed by atoms with Gasteiger partial charge < -0.3 is 30.4 Å². The number of rotatable bonds is 12. The number of imide groups is 1. The van der Waals surface area contributed by atoms with Crippen LogP contribution in [0.4, 0.5) is 42.0 Å². The number of aryl methyl sites for hydroxylation is 1. The molecule has 2 unspecified atom stereocenters. The molecule has 15 nitrogen and oxygen atoms in total. The number of sulfonamides is 1. The number of nitrogens with one attached hydrogen (secondary N) is 4. The van der Waals surface area contributed by atoms with Crippen LogP contribution in [0, 0.1) is 12.8 Å². The number of amides is 2. The zero-order chi connectivity index (χ0) is 44.0. The molecule has 1 saturated carbocycles. The monoisotopic (exact) mass is 902 g/mol. The third-order valence-corrected chi connectivity index (χ3v) is 14.7. The number of nitrogens with zero attached hydrogens (tertiary/aromatic N) is 6. The van der Waals surface area contributed by atoms with Crippen molar-refractivity contribution < 1.29 is 36.3 Å². The van der Waals surface area contributed by atoms with Crippen LogP contribution in [-0.4, -0.2) is 128 Å². The number of anilines is 5. The Morgan fingerprint density at radius 2 is 1.76 bits per heavy atom. The highest BCUT2D eigenvalue weighted by molar-refractivity contribution is 7.89. The minimum absolute atomic E-state index is 0.00314. The van der Waals surface area contributed by atoms with E-state index in [4.69, 9.17) is 11.6 Å². The summed E-state index contributed by atoms with van der Waals surface area (Å²) in [6, 6.07) is 10.0. The van der Waals surface area contributed by atoms with Gasteiger partial charge in [-0.05, 0) is 100 Å². The lowest BCUT2D eigenvalue weighted by Gasteiger charge is -2.46. The molecule has 3 aromatic rings. The van der Waals surface area contributed by atoms with Gasteiger partial charge in [-0.1, -0.05) is 11.6 Å². The van der Waals surface area contributed by atoms with Crippen LogP contribution < -0.4 is 30.5 Å². The van der Waals surface area contributed by atoms with E-state index in [1.807, 2.05) is 18.2 Å². The zero-order valence-corrected chi connectivity index (χ0v) is 36.4. The molecule has 8 rings (SSSR count). The Balaban J connectivity index is 0.780. The van der Waals surface area contributed by atoms with Gasteiger partial charge >= 0.3 is 6.18 Å². The summed E-state index contributed by atoms with van der Waals surface area (Å²) in [5.74, 6) is -0.462. The van der Waals surface area contributed by atoms with Crippen LogP contribution in [0.15, 0.2) is 47.5 Å². The van der Waals surface area contributed by atoms with Crippen LogP contribution >= 0.6 is 11.6 Å². The first-order valence-electron chi connectivity index (χ1n) is 21.3. The van der Waals surface area contributed by atoms with Gasteiger partial charge in [0, 0.05) is 95.0 Å². The number of halogens is 4. The van der Waals surface area contributed by atoms with Gasteiger partial charge in [0.1, 0.15) is 17.4 Å². The Kier molecular flexibility index (Phi) is 12.7. The maximum Gasteiger partial charge on any atom is 0.421 e. The second-order valence-electron chi connectivity index (χ2n) is 17.7. The molecule has 336 valence electrons. The number of aliphatic hydroxyl groups is 1. The number of hydrogen-bond donors (Lipinski definition) is 5. The first kappa shape index (κ1) is 44.3. The number of benzene rings is 2. The fraction of sp³-hybridized carbons (Fsp3) is 0.571. The van der Waals surface area contributed by atoms with Crippen molar-refractivity contribution in [3.8, 4) is 0 Å². The molecule has 20 heteroatoms. The second-order valence-corrected chi connectivity index (χ2v) is 19.9. The van der Waals surface area contributed by atoms with E-state index in [9.17, 15) is 36.3 Å². The average Bonchev–Trinajstić information content (AvgIpc) is 3.66. The molecule has 0 radical (unpaired) electrons. The van der Waals surface area contributed by atoms with Gasteiger partial charge in [0.25, 0.3) is 0 Å². The highest BCUT2D eigenvalue weighted by atomic mass is 35.5. The minimum atomic E-state index is -4.69. The van der Waals surface area contributed by atoms with Crippen molar-refractivity contribution in [2.24, 2.45) is 5.92 Å². The van der Waals surface area contributed by atoms with E-state index >= 15 is 0 Å². The van der Waals surface area contributed by atoms with E-state index in [0.717, 1.165) is 77.0 Å². The molecule has 5 N–H and O–H groups in total. The predicted molar refractivity (Wildman–Crippen MR) is 230 cm³/mol. The number of aromatic nitrogens is 2. The Morgan fingerprint density at radius 3 is 2.45 bits per heavy atom. The molecule has 3 atom stereocenters. The summed E-state index contributed by atoms with van der Waals surface area (Å²) in [6.45, 7) is 10.2. The summed E-state index contributed by atoms with van der Waals surface area (Å²) < 4.78 is 71.6. The predicted octanol–water partition coefficient (Wildman–Crippen LogP) is 4.72. The number of piperidine rings is 2. The van der Waals surface area contributed by atoms with E-state index in [1.165, 1.54) is 17.0 Å². The molecule has 5 heterocycles. The van der Waals surface area contributed by atoms with Crippen molar-refractivity contribution in [2.75, 3.05) is 79.3 Å². The molecule has 1 aliphatic carbocycles. The molecule has 0 spiro atoms. The van der Waals surface area contributed by atoms with Crippen LogP contribution in [0.2, 0.25) is 5.02 Å². The van der Waals surface area contributed by atoms with Crippen LogP contribution in [0.5, 0.6) is 0 Å². The lowest BCUT2D eigenvalue weighted by Crippen LogP contribution is -2.58. The molecule has 5 fully saturated rings. The Morgan fingerprint density at radius 1 is 1.00 bits per heavy atom. The highest BCUT2D eigenvalue weighted by Gasteiger charge is 2.40. The molecule has 0 bridgehead atoms. The Hall–Kier alpha value is -4.27. The molecular weight excluding hydrogens is 849 g/mol. The molecule has 2 amide bonds. The SMILES string of the molecule is Cc1cc(S(=O)(=O)NC2CC(N3CCN(CC4CCN(c5ccc(NC6CCC(=O)NC6=O)c(Cl)c5)C4)CC3)C2)ccc1Nc1ncc(C(F)(F)F)c(N2CCC[C@](C)(O)C2)n1. The van der Waals surface area contributed by atoms with Crippen molar-refractivity contribution in [2.45, 2.75) is 93.6 Å². The third-order valence-electron chi connectivity index (χ3n) is 12.9. The van der Waals surface area contributed by atoms with E-state index in [1.54, 1.807) is 19.9 Å². The smallest absolute Gasteiger partial charge is 0.388 e. The van der Waals surface area contributed by atoms with Gasteiger partial charge in [-0.3, -0.25) is 19.8 Å². The van der Waals surface area contributed by atoms with Crippen molar-refractivity contribution in [3.05, 3.63) is 58.7 Å². The molecular formula is C42H54ClF3N10O5S. The fourth-order valence-electron chi connectivity index (χ4n) is 9.34. The summed E-state index contributed by atoms with van der Waals surface area (Å²) in [4.78, 5) is 40.7. The number of carbonyl (C=O) groups excluding carboxylic acids is 2. The third kappa shape index (κ3) is 10.2. The van der Waals surface area contributed by atoms with Gasteiger partial charge in [-0.25, -0.2) is 18.1 Å².